The SMILES string of the molecule is COc1ccc(NC(=O)N2CCn3nc(-c4cccc(F)c4)c(C(N)=O)c3C2)cc1Cl. The predicted octanol–water partition coefficient (Wildman–Crippen LogP) is 3.50. The summed E-state index contributed by atoms with van der Waals surface area (Å²) in [7, 11) is 1.50. The Morgan fingerprint density at radius 1 is 1.23 bits per heavy atom. The second kappa shape index (κ2) is 8.27. The molecule has 2 aromatic carbocycles. The number of nitrogens with two attached hydrogens (primary N) is 1. The summed E-state index contributed by atoms with van der Waals surface area (Å²) >= 11 is 6.11. The molecule has 0 saturated carbocycles. The molecule has 1 aliphatic heterocycles. The Bertz CT molecular complexity index is 1180. The number of methoxy groups -OCH3 is 1. The number of amides is 3. The van der Waals surface area contributed by atoms with Gasteiger partial charge in [-0.05, 0) is 30.3 Å². The molecular formula is C21H19ClFN5O3. The van der Waals surface area contributed by atoms with Gasteiger partial charge in [-0.2, -0.15) is 5.10 Å². The number of primary amides is 1. The van der Waals surface area contributed by atoms with Crippen molar-refractivity contribution in [1.82, 2.24) is 14.7 Å². The summed E-state index contributed by atoms with van der Waals surface area (Å²) in [5, 5.41) is 7.60. The van der Waals surface area contributed by atoms with Crippen LogP contribution in [0, 0.1) is 5.82 Å². The first-order valence-electron chi connectivity index (χ1n) is 9.42. The van der Waals surface area contributed by atoms with Gasteiger partial charge in [0.2, 0.25) is 0 Å². The first-order chi connectivity index (χ1) is 14.9. The lowest BCUT2D eigenvalue weighted by Gasteiger charge is -2.28. The summed E-state index contributed by atoms with van der Waals surface area (Å²) in [6.45, 7) is 0.850. The van der Waals surface area contributed by atoms with Crippen LogP contribution >= 0.6 is 11.6 Å². The molecule has 3 aromatic rings. The molecule has 0 spiro atoms. The number of hydrogen-bond donors (Lipinski definition) is 2. The summed E-state index contributed by atoms with van der Waals surface area (Å²) in [4.78, 5) is 26.5. The molecule has 160 valence electrons. The van der Waals surface area contributed by atoms with Crippen molar-refractivity contribution in [3.63, 3.8) is 0 Å². The van der Waals surface area contributed by atoms with Gasteiger partial charge in [0.1, 0.15) is 17.3 Å². The molecule has 8 nitrogen and oxygen atoms in total. The number of carbonyl (C=O) groups excluding carboxylic acids is 2. The van der Waals surface area contributed by atoms with Crippen LogP contribution in [0.5, 0.6) is 5.75 Å². The molecule has 31 heavy (non-hydrogen) atoms. The fraction of sp³-hybridized carbons (Fsp3) is 0.190. The van der Waals surface area contributed by atoms with Gasteiger partial charge in [0.25, 0.3) is 5.91 Å². The second-order valence-corrected chi connectivity index (χ2v) is 7.38. The normalized spacial score (nSPS) is 12.9. The van der Waals surface area contributed by atoms with Gasteiger partial charge in [-0.15, -0.1) is 0 Å². The Morgan fingerprint density at radius 3 is 2.71 bits per heavy atom. The minimum atomic E-state index is -0.690. The van der Waals surface area contributed by atoms with Crippen molar-refractivity contribution in [3.8, 4) is 17.0 Å². The molecule has 0 aliphatic carbocycles. The van der Waals surface area contributed by atoms with Gasteiger partial charge in [-0.25, -0.2) is 9.18 Å². The van der Waals surface area contributed by atoms with E-state index in [2.05, 4.69) is 10.4 Å². The Labute approximate surface area is 182 Å². The monoisotopic (exact) mass is 443 g/mol. The number of urea groups is 1. The number of rotatable bonds is 4. The molecule has 0 atom stereocenters. The van der Waals surface area contributed by atoms with E-state index in [1.807, 2.05) is 0 Å². The maximum Gasteiger partial charge on any atom is 0.322 e. The number of nitrogens with one attached hydrogen (secondary N) is 1. The van der Waals surface area contributed by atoms with Gasteiger partial charge < -0.3 is 20.7 Å². The van der Waals surface area contributed by atoms with E-state index < -0.39 is 11.7 Å². The average molecular weight is 444 g/mol. The third-order valence-corrected chi connectivity index (χ3v) is 5.31. The van der Waals surface area contributed by atoms with Crippen molar-refractivity contribution in [3.05, 3.63) is 64.6 Å². The van der Waals surface area contributed by atoms with E-state index in [1.165, 1.54) is 30.2 Å². The van der Waals surface area contributed by atoms with Gasteiger partial charge in [0, 0.05) is 17.8 Å². The Morgan fingerprint density at radius 2 is 2.03 bits per heavy atom. The highest BCUT2D eigenvalue weighted by molar-refractivity contribution is 6.32. The largest absolute Gasteiger partial charge is 0.495 e. The lowest BCUT2D eigenvalue weighted by Crippen LogP contribution is -2.41. The number of hydrogen-bond acceptors (Lipinski definition) is 4. The third kappa shape index (κ3) is 4.04. The van der Waals surface area contributed by atoms with Crippen molar-refractivity contribution in [2.45, 2.75) is 13.1 Å². The van der Waals surface area contributed by atoms with Gasteiger partial charge >= 0.3 is 6.03 Å². The number of ether oxygens (including phenoxy) is 1. The van der Waals surface area contributed by atoms with E-state index in [-0.39, 0.29) is 18.1 Å². The molecule has 0 saturated heterocycles. The quantitative estimate of drug-likeness (QED) is 0.644. The zero-order valence-electron chi connectivity index (χ0n) is 16.6. The number of aromatic nitrogens is 2. The van der Waals surface area contributed by atoms with Crippen LogP contribution in [0.2, 0.25) is 5.02 Å². The number of carbonyl (C=O) groups is 2. The van der Waals surface area contributed by atoms with E-state index >= 15 is 0 Å². The van der Waals surface area contributed by atoms with Crippen LogP contribution in [-0.2, 0) is 13.1 Å². The highest BCUT2D eigenvalue weighted by Gasteiger charge is 2.29. The summed E-state index contributed by atoms with van der Waals surface area (Å²) in [5.41, 5.74) is 7.54. The minimum Gasteiger partial charge on any atom is -0.495 e. The molecule has 3 amide bonds. The van der Waals surface area contributed by atoms with E-state index in [0.29, 0.717) is 46.5 Å². The standard InChI is InChI=1S/C21H19ClFN5O3/c1-31-17-6-5-14(10-15(17)22)25-21(30)27-7-8-28-16(11-27)18(20(24)29)19(26-28)12-3-2-4-13(23)9-12/h2-6,9-10H,7-8,11H2,1H3,(H2,24,29)(H,25,30). The molecule has 1 aliphatic rings. The molecule has 0 bridgehead atoms. The first-order valence-corrected chi connectivity index (χ1v) is 9.80. The molecule has 10 heteroatoms. The van der Waals surface area contributed by atoms with Crippen LogP contribution in [0.25, 0.3) is 11.3 Å². The highest BCUT2D eigenvalue weighted by Crippen LogP contribution is 2.30. The number of fused-ring (bicyclic) bond motifs is 1. The molecule has 2 heterocycles. The maximum absolute atomic E-state index is 13.7. The summed E-state index contributed by atoms with van der Waals surface area (Å²) in [6, 6.07) is 10.3. The molecule has 1 aromatic heterocycles. The first kappa shape index (κ1) is 20.7. The van der Waals surface area contributed by atoms with Crippen LogP contribution in [0.1, 0.15) is 16.1 Å². The number of halogens is 2. The third-order valence-electron chi connectivity index (χ3n) is 5.01. The zero-order chi connectivity index (χ0) is 22.1. The van der Waals surface area contributed by atoms with Crippen molar-refractivity contribution in [1.29, 1.82) is 0 Å². The summed E-state index contributed by atoms with van der Waals surface area (Å²) in [6.07, 6.45) is 0. The van der Waals surface area contributed by atoms with Crippen LogP contribution in [-0.4, -0.2) is 40.3 Å². The fourth-order valence-corrected chi connectivity index (χ4v) is 3.79. The van der Waals surface area contributed by atoms with Crippen molar-refractivity contribution in [2.75, 3.05) is 19.0 Å². The van der Waals surface area contributed by atoms with E-state index in [9.17, 15) is 14.0 Å². The maximum atomic E-state index is 13.7. The van der Waals surface area contributed by atoms with Gasteiger partial charge in [0.05, 0.1) is 36.5 Å². The van der Waals surface area contributed by atoms with Crippen LogP contribution in [0.4, 0.5) is 14.9 Å². The van der Waals surface area contributed by atoms with Gasteiger partial charge in [-0.3, -0.25) is 9.48 Å². The lowest BCUT2D eigenvalue weighted by molar-refractivity contribution is 0.0997. The second-order valence-electron chi connectivity index (χ2n) is 6.97. The van der Waals surface area contributed by atoms with Gasteiger partial charge in [0.15, 0.2) is 0 Å². The van der Waals surface area contributed by atoms with Crippen LogP contribution < -0.4 is 15.8 Å². The summed E-state index contributed by atoms with van der Waals surface area (Å²) < 4.78 is 20.4. The van der Waals surface area contributed by atoms with Crippen molar-refractivity contribution >= 4 is 29.2 Å². The Kier molecular flexibility index (Phi) is 5.51. The average Bonchev–Trinajstić information content (AvgIpc) is 3.13. The smallest absolute Gasteiger partial charge is 0.322 e. The zero-order valence-corrected chi connectivity index (χ0v) is 17.3. The van der Waals surface area contributed by atoms with Crippen LogP contribution in [0.15, 0.2) is 42.5 Å². The lowest BCUT2D eigenvalue weighted by atomic mass is 10.0. The van der Waals surface area contributed by atoms with Crippen LogP contribution in [0.3, 0.4) is 0 Å². The van der Waals surface area contributed by atoms with E-state index in [0.717, 1.165) is 0 Å². The number of benzene rings is 2. The predicted molar refractivity (Wildman–Crippen MR) is 114 cm³/mol. The molecule has 4 rings (SSSR count). The molecule has 3 N–H and O–H groups in total. The van der Waals surface area contributed by atoms with E-state index in [1.54, 1.807) is 28.9 Å². The fourth-order valence-electron chi connectivity index (χ4n) is 3.53. The highest BCUT2D eigenvalue weighted by atomic mass is 35.5. The topological polar surface area (TPSA) is 102 Å². The molecular weight excluding hydrogens is 425 g/mol. The molecule has 0 unspecified atom stereocenters. The Balaban J connectivity index is 1.60. The number of anilines is 1. The molecule has 0 fully saturated rings. The molecule has 0 radical (unpaired) electrons. The summed E-state index contributed by atoms with van der Waals surface area (Å²) in [5.74, 6) is -0.639. The Hall–Kier alpha value is -3.59. The number of nitrogens with zero attached hydrogens (tertiary/aromatic N) is 3. The van der Waals surface area contributed by atoms with Crippen molar-refractivity contribution < 1.29 is 18.7 Å². The minimum absolute atomic E-state index is 0.121. The van der Waals surface area contributed by atoms with E-state index in [4.69, 9.17) is 22.1 Å². The van der Waals surface area contributed by atoms with Crippen molar-refractivity contribution in [2.24, 2.45) is 5.73 Å². The van der Waals surface area contributed by atoms with Gasteiger partial charge in [-0.1, -0.05) is 23.7 Å².